The van der Waals surface area contributed by atoms with Gasteiger partial charge in [-0.25, -0.2) is 8.42 Å². The van der Waals surface area contributed by atoms with E-state index >= 15 is 0 Å². The summed E-state index contributed by atoms with van der Waals surface area (Å²) in [6, 6.07) is 4.55. The van der Waals surface area contributed by atoms with Crippen molar-refractivity contribution in [1.82, 2.24) is 0 Å². The molecule has 0 saturated heterocycles. The molecule has 0 heterocycles. The van der Waals surface area contributed by atoms with E-state index in [1.165, 1.54) is 12.1 Å². The van der Waals surface area contributed by atoms with Crippen LogP contribution in [0.1, 0.15) is 27.2 Å². The summed E-state index contributed by atoms with van der Waals surface area (Å²) in [5, 5.41) is 13.3. The fourth-order valence-corrected chi connectivity index (χ4v) is 2.83. The first-order valence-electron chi connectivity index (χ1n) is 6.57. The van der Waals surface area contributed by atoms with Crippen molar-refractivity contribution in [2.24, 2.45) is 5.92 Å². The minimum Gasteiger partial charge on any atom is -0.397 e. The van der Waals surface area contributed by atoms with E-state index in [2.05, 4.69) is 5.32 Å². The van der Waals surface area contributed by atoms with Gasteiger partial charge in [0.05, 0.1) is 21.9 Å². The lowest BCUT2D eigenvalue weighted by Gasteiger charge is -2.26. The standard InChI is InChI=1S/C14H24N2O3S/c1-10(2)8-14(3,17)9-16-13-6-5-11(7-12(13)15)20(4,18)19/h5-7,10,16-17H,8-9,15H2,1-4H3. The highest BCUT2D eigenvalue weighted by Gasteiger charge is 2.22. The van der Waals surface area contributed by atoms with Gasteiger partial charge < -0.3 is 16.2 Å². The van der Waals surface area contributed by atoms with Gasteiger partial charge in [0.1, 0.15) is 0 Å². The molecule has 0 radical (unpaired) electrons. The monoisotopic (exact) mass is 300 g/mol. The fraction of sp³-hybridized carbons (Fsp3) is 0.571. The summed E-state index contributed by atoms with van der Waals surface area (Å²) in [6.07, 6.45) is 1.81. The summed E-state index contributed by atoms with van der Waals surface area (Å²) in [6.45, 7) is 6.21. The van der Waals surface area contributed by atoms with E-state index in [-0.39, 0.29) is 4.90 Å². The second-order valence-corrected chi connectivity index (χ2v) is 7.99. The first-order valence-corrected chi connectivity index (χ1v) is 8.46. The van der Waals surface area contributed by atoms with E-state index in [1.54, 1.807) is 13.0 Å². The normalized spacial score (nSPS) is 15.1. The SMILES string of the molecule is CC(C)CC(C)(O)CNc1ccc(S(C)(=O)=O)cc1N. The Hall–Kier alpha value is -1.27. The summed E-state index contributed by atoms with van der Waals surface area (Å²) in [5.74, 6) is 0.386. The zero-order valence-electron chi connectivity index (χ0n) is 12.5. The minimum atomic E-state index is -3.26. The number of nitrogens with two attached hydrogens (primary N) is 1. The molecule has 6 heteroatoms. The van der Waals surface area contributed by atoms with Gasteiger partial charge in [0.25, 0.3) is 0 Å². The number of sulfone groups is 1. The van der Waals surface area contributed by atoms with Gasteiger partial charge in [0.15, 0.2) is 9.84 Å². The Morgan fingerprint density at radius 2 is 2.00 bits per heavy atom. The van der Waals surface area contributed by atoms with Crippen LogP contribution in [0.4, 0.5) is 11.4 Å². The lowest BCUT2D eigenvalue weighted by Crippen LogP contribution is -2.35. The molecule has 0 saturated carbocycles. The predicted molar refractivity (Wildman–Crippen MR) is 82.5 cm³/mol. The zero-order valence-corrected chi connectivity index (χ0v) is 13.3. The number of benzene rings is 1. The second kappa shape index (κ2) is 6.01. The molecule has 0 amide bonds. The maximum absolute atomic E-state index is 11.4. The Morgan fingerprint density at radius 3 is 2.45 bits per heavy atom. The van der Waals surface area contributed by atoms with Gasteiger partial charge in [-0.3, -0.25) is 0 Å². The zero-order chi connectivity index (χ0) is 15.6. The van der Waals surface area contributed by atoms with Crippen molar-refractivity contribution in [1.29, 1.82) is 0 Å². The van der Waals surface area contributed by atoms with Gasteiger partial charge in [0.2, 0.25) is 0 Å². The summed E-state index contributed by atoms with van der Waals surface area (Å²) >= 11 is 0. The molecule has 1 aromatic carbocycles. The van der Waals surface area contributed by atoms with E-state index in [4.69, 9.17) is 5.73 Å². The highest BCUT2D eigenvalue weighted by molar-refractivity contribution is 7.90. The Morgan fingerprint density at radius 1 is 1.40 bits per heavy atom. The van der Waals surface area contributed by atoms with Gasteiger partial charge in [0, 0.05) is 12.8 Å². The van der Waals surface area contributed by atoms with Crippen molar-refractivity contribution in [3.05, 3.63) is 18.2 Å². The van der Waals surface area contributed by atoms with Gasteiger partial charge in [-0.15, -0.1) is 0 Å². The molecule has 1 atom stereocenters. The number of nitrogen functional groups attached to an aromatic ring is 1. The number of hydrogen-bond acceptors (Lipinski definition) is 5. The molecule has 0 fully saturated rings. The molecule has 1 unspecified atom stereocenters. The van der Waals surface area contributed by atoms with Crippen molar-refractivity contribution >= 4 is 21.2 Å². The fourth-order valence-electron chi connectivity index (χ4n) is 2.17. The number of rotatable bonds is 6. The molecule has 0 aromatic heterocycles. The maximum atomic E-state index is 11.4. The van der Waals surface area contributed by atoms with E-state index in [9.17, 15) is 13.5 Å². The molecule has 0 bridgehead atoms. The second-order valence-electron chi connectivity index (χ2n) is 5.97. The molecule has 0 aliphatic heterocycles. The molecular weight excluding hydrogens is 276 g/mol. The van der Waals surface area contributed by atoms with Crippen LogP contribution in [0.5, 0.6) is 0 Å². The first-order chi connectivity index (χ1) is 9.01. The van der Waals surface area contributed by atoms with Crippen LogP contribution < -0.4 is 11.1 Å². The molecule has 1 aromatic rings. The highest BCUT2D eigenvalue weighted by Crippen LogP contribution is 2.24. The van der Waals surface area contributed by atoms with Gasteiger partial charge in [-0.2, -0.15) is 0 Å². The molecule has 0 aliphatic carbocycles. The van der Waals surface area contributed by atoms with Crippen LogP contribution in [-0.4, -0.2) is 31.9 Å². The lowest BCUT2D eigenvalue weighted by molar-refractivity contribution is 0.0516. The van der Waals surface area contributed by atoms with Crippen LogP contribution >= 0.6 is 0 Å². The Kier molecular flexibility index (Phi) is 5.05. The molecule has 5 nitrogen and oxygen atoms in total. The van der Waals surface area contributed by atoms with E-state index in [1.807, 2.05) is 13.8 Å². The summed E-state index contributed by atoms with van der Waals surface area (Å²) in [5.41, 5.74) is 5.98. The van der Waals surface area contributed by atoms with Crippen LogP contribution in [0.25, 0.3) is 0 Å². The van der Waals surface area contributed by atoms with Gasteiger partial charge in [-0.05, 0) is 37.5 Å². The van der Waals surface area contributed by atoms with E-state index in [0.717, 1.165) is 6.26 Å². The Bertz CT molecular complexity index is 566. The van der Waals surface area contributed by atoms with Crippen LogP contribution in [0.15, 0.2) is 23.1 Å². The quantitative estimate of drug-likeness (QED) is 0.698. The van der Waals surface area contributed by atoms with Crippen LogP contribution in [-0.2, 0) is 9.84 Å². The molecule has 0 spiro atoms. The third kappa shape index (κ3) is 5.02. The number of hydrogen-bond donors (Lipinski definition) is 3. The van der Waals surface area contributed by atoms with Crippen LogP contribution in [0.3, 0.4) is 0 Å². The number of nitrogens with one attached hydrogen (secondary N) is 1. The van der Waals surface area contributed by atoms with Crippen molar-refractivity contribution in [3.63, 3.8) is 0 Å². The molecule has 114 valence electrons. The molecule has 0 aliphatic rings. The van der Waals surface area contributed by atoms with Gasteiger partial charge >= 0.3 is 0 Å². The van der Waals surface area contributed by atoms with Crippen molar-refractivity contribution in [2.75, 3.05) is 23.9 Å². The van der Waals surface area contributed by atoms with Crippen LogP contribution in [0.2, 0.25) is 0 Å². The van der Waals surface area contributed by atoms with Crippen molar-refractivity contribution in [2.45, 2.75) is 37.7 Å². The lowest BCUT2D eigenvalue weighted by atomic mass is 9.94. The molecule has 4 N–H and O–H groups in total. The average Bonchev–Trinajstić information content (AvgIpc) is 2.24. The third-order valence-electron chi connectivity index (χ3n) is 2.96. The highest BCUT2D eigenvalue weighted by atomic mass is 32.2. The number of aliphatic hydroxyl groups is 1. The summed E-state index contributed by atoms with van der Waals surface area (Å²) in [7, 11) is -3.26. The van der Waals surface area contributed by atoms with Crippen molar-refractivity contribution in [3.8, 4) is 0 Å². The van der Waals surface area contributed by atoms with E-state index < -0.39 is 15.4 Å². The summed E-state index contributed by atoms with van der Waals surface area (Å²) < 4.78 is 22.8. The third-order valence-corrected chi connectivity index (χ3v) is 4.07. The summed E-state index contributed by atoms with van der Waals surface area (Å²) in [4.78, 5) is 0.189. The Labute approximate surface area is 121 Å². The number of anilines is 2. The predicted octanol–water partition coefficient (Wildman–Crippen LogP) is 1.88. The Balaban J connectivity index is 2.80. The largest absolute Gasteiger partial charge is 0.397 e. The van der Waals surface area contributed by atoms with Gasteiger partial charge in [-0.1, -0.05) is 13.8 Å². The van der Waals surface area contributed by atoms with Crippen molar-refractivity contribution < 1.29 is 13.5 Å². The smallest absolute Gasteiger partial charge is 0.175 e. The minimum absolute atomic E-state index is 0.189. The first kappa shape index (κ1) is 16.8. The average molecular weight is 300 g/mol. The van der Waals surface area contributed by atoms with E-state index in [0.29, 0.717) is 30.3 Å². The molecular formula is C14H24N2O3S. The molecule has 20 heavy (non-hydrogen) atoms. The molecule has 1 rings (SSSR count). The van der Waals surface area contributed by atoms with Crippen LogP contribution in [0, 0.1) is 5.92 Å². The maximum Gasteiger partial charge on any atom is 0.175 e. The topological polar surface area (TPSA) is 92.4 Å².